The van der Waals surface area contributed by atoms with Crippen LogP contribution in [0.1, 0.15) is 11.3 Å². The molecule has 0 aliphatic carbocycles. The van der Waals surface area contributed by atoms with Crippen LogP contribution in [0.2, 0.25) is 0 Å². The average molecular weight is 443 g/mol. The van der Waals surface area contributed by atoms with Crippen molar-refractivity contribution in [3.8, 4) is 23.0 Å². The van der Waals surface area contributed by atoms with Crippen molar-refractivity contribution in [3.05, 3.63) is 66.1 Å². The van der Waals surface area contributed by atoms with Gasteiger partial charge < -0.3 is 33.6 Å². The lowest BCUT2D eigenvalue weighted by Gasteiger charge is -2.26. The van der Waals surface area contributed by atoms with Gasteiger partial charge in [0.05, 0.1) is 41.2 Å². The van der Waals surface area contributed by atoms with E-state index in [1.807, 2.05) is 53.4 Å². The molecule has 0 saturated heterocycles. The second kappa shape index (κ2) is 10.6. The summed E-state index contributed by atoms with van der Waals surface area (Å²) in [5.41, 5.74) is 1.81. The van der Waals surface area contributed by atoms with Gasteiger partial charge in [0.25, 0.3) is 0 Å². The third-order valence-corrected chi connectivity index (χ3v) is 5.01. The number of hydrogen-bond donors (Lipinski definition) is 1. The van der Waals surface area contributed by atoms with Crippen LogP contribution in [-0.2, 0) is 13.1 Å². The minimum absolute atomic E-state index is 0.492. The molecule has 2 aromatic carbocycles. The van der Waals surface area contributed by atoms with E-state index < -0.39 is 0 Å². The lowest BCUT2D eigenvalue weighted by Crippen LogP contribution is -2.33. The molecule has 31 heavy (non-hydrogen) atoms. The zero-order chi connectivity index (χ0) is 22.2. The minimum atomic E-state index is 0.492. The molecule has 0 unspecified atom stereocenters. The molecule has 0 atom stereocenters. The number of rotatable bonds is 9. The molecule has 0 amide bonds. The molecular weight excluding hydrogens is 416 g/mol. The fourth-order valence-electron chi connectivity index (χ4n) is 3.11. The minimum Gasteiger partial charge on any atom is -0.497 e. The van der Waals surface area contributed by atoms with Gasteiger partial charge in [-0.1, -0.05) is 0 Å². The van der Waals surface area contributed by atoms with Gasteiger partial charge in [0.1, 0.15) is 11.5 Å². The molecule has 3 aromatic rings. The Morgan fingerprint density at radius 2 is 1.58 bits per heavy atom. The third kappa shape index (κ3) is 5.61. The van der Waals surface area contributed by atoms with E-state index in [4.69, 9.17) is 35.6 Å². The van der Waals surface area contributed by atoms with Crippen LogP contribution in [-0.4, -0.2) is 38.5 Å². The highest BCUT2D eigenvalue weighted by molar-refractivity contribution is 7.80. The van der Waals surface area contributed by atoms with E-state index >= 15 is 0 Å². The van der Waals surface area contributed by atoms with Crippen LogP contribution in [0.4, 0.5) is 5.69 Å². The number of benzene rings is 2. The molecule has 8 heteroatoms. The molecule has 3 rings (SSSR count). The predicted molar refractivity (Wildman–Crippen MR) is 123 cm³/mol. The summed E-state index contributed by atoms with van der Waals surface area (Å²) < 4.78 is 27.1. The molecule has 0 saturated carbocycles. The van der Waals surface area contributed by atoms with Crippen molar-refractivity contribution < 1.29 is 23.4 Å². The quantitative estimate of drug-likeness (QED) is 0.478. The molecule has 7 nitrogen and oxygen atoms in total. The van der Waals surface area contributed by atoms with E-state index in [1.54, 1.807) is 34.7 Å². The summed E-state index contributed by atoms with van der Waals surface area (Å²) in [5, 5.41) is 3.83. The number of ether oxygens (including phenoxy) is 4. The summed E-state index contributed by atoms with van der Waals surface area (Å²) in [5.74, 6) is 3.30. The average Bonchev–Trinajstić information content (AvgIpc) is 3.31. The number of nitrogens with one attached hydrogen (secondary N) is 1. The second-order valence-corrected chi connectivity index (χ2v) is 7.01. The van der Waals surface area contributed by atoms with Crippen LogP contribution in [0.25, 0.3) is 0 Å². The van der Waals surface area contributed by atoms with Gasteiger partial charge >= 0.3 is 0 Å². The fraction of sp³-hybridized carbons (Fsp3) is 0.261. The van der Waals surface area contributed by atoms with Crippen molar-refractivity contribution in [2.24, 2.45) is 0 Å². The molecule has 1 N–H and O–H groups in total. The normalized spacial score (nSPS) is 10.3. The zero-order valence-electron chi connectivity index (χ0n) is 18.0. The van der Waals surface area contributed by atoms with E-state index in [1.165, 1.54) is 0 Å². The van der Waals surface area contributed by atoms with E-state index in [-0.39, 0.29) is 0 Å². The Kier molecular flexibility index (Phi) is 7.61. The van der Waals surface area contributed by atoms with E-state index in [2.05, 4.69) is 5.32 Å². The molecule has 0 fully saturated rings. The summed E-state index contributed by atoms with van der Waals surface area (Å²) in [6.45, 7) is 0.991. The van der Waals surface area contributed by atoms with Gasteiger partial charge in [0.15, 0.2) is 16.6 Å². The Morgan fingerprint density at radius 1 is 0.903 bits per heavy atom. The summed E-state index contributed by atoms with van der Waals surface area (Å²) in [6, 6.07) is 15.2. The summed E-state index contributed by atoms with van der Waals surface area (Å²) in [4.78, 5) is 2.00. The lowest BCUT2D eigenvalue weighted by atomic mass is 10.1. The standard InChI is InChI=1S/C23H26N2O5S/c1-26-18-9-7-17(8-10-18)24-23(31)25(15-19-6-5-11-30-19)14-16-12-20(27-2)22(29-4)21(13-16)28-3/h5-13H,14-15H2,1-4H3,(H,24,31). The monoisotopic (exact) mass is 442 g/mol. The van der Waals surface area contributed by atoms with Crippen molar-refractivity contribution in [2.45, 2.75) is 13.1 Å². The Hall–Kier alpha value is -3.39. The Labute approximate surface area is 187 Å². The molecular formula is C23H26N2O5S. The van der Waals surface area contributed by atoms with E-state index in [9.17, 15) is 0 Å². The molecule has 1 heterocycles. The van der Waals surface area contributed by atoms with Crippen LogP contribution in [0, 0.1) is 0 Å². The van der Waals surface area contributed by atoms with Crippen molar-refractivity contribution in [1.29, 1.82) is 0 Å². The summed E-state index contributed by atoms with van der Waals surface area (Å²) >= 11 is 5.72. The second-order valence-electron chi connectivity index (χ2n) is 6.63. The van der Waals surface area contributed by atoms with E-state index in [0.717, 1.165) is 22.8 Å². The number of thiocarbonyl (C=S) groups is 1. The number of anilines is 1. The van der Waals surface area contributed by atoms with Crippen molar-refractivity contribution in [3.63, 3.8) is 0 Å². The maximum absolute atomic E-state index is 5.72. The first kappa shape index (κ1) is 22.3. The van der Waals surface area contributed by atoms with Crippen molar-refractivity contribution in [1.82, 2.24) is 4.90 Å². The SMILES string of the molecule is COc1ccc(NC(=S)N(Cc2cc(OC)c(OC)c(OC)c2)Cc2ccco2)cc1. The molecule has 1 aromatic heterocycles. The molecule has 0 spiro atoms. The largest absolute Gasteiger partial charge is 0.497 e. The van der Waals surface area contributed by atoms with Crippen LogP contribution < -0.4 is 24.3 Å². The Morgan fingerprint density at radius 3 is 2.10 bits per heavy atom. The topological polar surface area (TPSA) is 65.3 Å². The maximum atomic E-state index is 5.72. The van der Waals surface area contributed by atoms with Crippen LogP contribution in [0.15, 0.2) is 59.2 Å². The van der Waals surface area contributed by atoms with Crippen LogP contribution >= 0.6 is 12.2 Å². The Balaban J connectivity index is 1.85. The zero-order valence-corrected chi connectivity index (χ0v) is 18.8. The van der Waals surface area contributed by atoms with Crippen LogP contribution in [0.5, 0.6) is 23.0 Å². The number of hydrogen-bond acceptors (Lipinski definition) is 6. The van der Waals surface area contributed by atoms with Crippen molar-refractivity contribution in [2.75, 3.05) is 33.8 Å². The first-order chi connectivity index (χ1) is 15.1. The number of methoxy groups -OCH3 is 4. The molecule has 0 aliphatic rings. The number of nitrogens with zero attached hydrogens (tertiary/aromatic N) is 1. The maximum Gasteiger partial charge on any atom is 0.203 e. The molecule has 0 bridgehead atoms. The van der Waals surface area contributed by atoms with Gasteiger partial charge in [-0.05, 0) is 66.3 Å². The first-order valence-corrected chi connectivity index (χ1v) is 10.00. The highest BCUT2D eigenvalue weighted by Crippen LogP contribution is 2.38. The predicted octanol–water partition coefficient (Wildman–Crippen LogP) is 4.71. The molecule has 0 radical (unpaired) electrons. The highest BCUT2D eigenvalue weighted by atomic mass is 32.1. The highest BCUT2D eigenvalue weighted by Gasteiger charge is 2.18. The van der Waals surface area contributed by atoms with Gasteiger partial charge in [-0.2, -0.15) is 0 Å². The van der Waals surface area contributed by atoms with Gasteiger partial charge in [0.2, 0.25) is 5.75 Å². The van der Waals surface area contributed by atoms with Gasteiger partial charge in [-0.25, -0.2) is 0 Å². The summed E-state index contributed by atoms with van der Waals surface area (Å²) in [6.07, 6.45) is 1.65. The van der Waals surface area contributed by atoms with E-state index in [0.29, 0.717) is 35.5 Å². The first-order valence-electron chi connectivity index (χ1n) is 9.59. The fourth-order valence-corrected chi connectivity index (χ4v) is 3.36. The lowest BCUT2D eigenvalue weighted by molar-refractivity contribution is 0.321. The number of furan rings is 1. The molecule has 164 valence electrons. The summed E-state index contributed by atoms with van der Waals surface area (Å²) in [7, 11) is 6.40. The van der Waals surface area contributed by atoms with Crippen molar-refractivity contribution >= 4 is 23.0 Å². The smallest absolute Gasteiger partial charge is 0.203 e. The Bertz CT molecular complexity index is 965. The van der Waals surface area contributed by atoms with Gasteiger partial charge in [0, 0.05) is 12.2 Å². The van der Waals surface area contributed by atoms with Crippen LogP contribution in [0.3, 0.4) is 0 Å². The third-order valence-electron chi connectivity index (χ3n) is 4.65. The van der Waals surface area contributed by atoms with Gasteiger partial charge in [-0.3, -0.25) is 0 Å². The molecule has 0 aliphatic heterocycles. The van der Waals surface area contributed by atoms with Gasteiger partial charge in [-0.15, -0.1) is 0 Å².